The van der Waals surface area contributed by atoms with Gasteiger partial charge >= 0.3 is 24.1 Å². The highest BCUT2D eigenvalue weighted by Crippen LogP contribution is 2.40. The lowest BCUT2D eigenvalue weighted by molar-refractivity contribution is -0.733. The van der Waals surface area contributed by atoms with Crippen LogP contribution in [-0.2, 0) is 40.1 Å². The number of hydrogen-bond donors (Lipinski definition) is 2. The van der Waals surface area contributed by atoms with Gasteiger partial charge < -0.3 is 38.2 Å². The Bertz CT molecular complexity index is 2050. The van der Waals surface area contributed by atoms with Crippen molar-refractivity contribution in [3.63, 3.8) is 0 Å². The molecule has 1 aliphatic rings. The van der Waals surface area contributed by atoms with Crippen LogP contribution in [0.1, 0.15) is 94.8 Å². The van der Waals surface area contributed by atoms with Crippen LogP contribution in [0.25, 0.3) is 10.9 Å². The van der Waals surface area contributed by atoms with Gasteiger partial charge in [0.15, 0.2) is 20.5 Å². The molecule has 19 heteroatoms. The SMILES string of the molecule is C[n+]1c2ccc(OCC(O/N=C(\C(=O)O)c3csc(NC(=O)OC(C)(C)C)n3)C(=O)OC(C)(C)C)cc2cn1[C@@H]1CN(C(=O)OC(C)(C)C)C[C@@H]1O[Si](C)(C)C(C)(C)C. The number of benzene rings is 1. The van der Waals surface area contributed by atoms with Gasteiger partial charge in [-0.05, 0) is 92.6 Å². The smallest absolute Gasteiger partial charge is 0.413 e. The minimum absolute atomic E-state index is 0.0564. The van der Waals surface area contributed by atoms with Crippen LogP contribution >= 0.6 is 11.3 Å². The monoisotopic (exact) mass is 861 g/mol. The van der Waals surface area contributed by atoms with E-state index in [4.69, 9.17) is 28.2 Å². The summed E-state index contributed by atoms with van der Waals surface area (Å²) in [5.41, 5.74) is -2.18. The molecule has 0 bridgehead atoms. The van der Waals surface area contributed by atoms with Crippen molar-refractivity contribution in [2.75, 3.05) is 25.0 Å². The summed E-state index contributed by atoms with van der Waals surface area (Å²) in [4.78, 5) is 62.4. The number of esters is 1. The summed E-state index contributed by atoms with van der Waals surface area (Å²) in [6.45, 7) is 27.0. The normalized spacial score (nSPS) is 17.4. The zero-order chi connectivity index (χ0) is 44.5. The standard InChI is InChI=1S/C40H60N6O11SSi/c1-37(2,3)53-33(49)30(56-43-31(32(47)48)26-23-58-34(41-26)42-35(50)54-38(4,5)6)22-52-25-16-17-27-24(18-25)19-46(44(27)13)28-20-45(36(51)55-39(7,8)9)21-29(28)57-59(14,15)40(10,11)12/h16-19,23,28-30H,20-22H2,1-15H3,(H-,41,42,47,48,50)/p+1/b43-31-/t28-,29+,30?/m1/s1. The van der Waals surface area contributed by atoms with Crippen molar-refractivity contribution in [1.82, 2.24) is 14.6 Å². The summed E-state index contributed by atoms with van der Waals surface area (Å²) in [7, 11) is -0.319. The number of hydrogen-bond acceptors (Lipinski definition) is 13. The Kier molecular flexibility index (Phi) is 13.9. The molecule has 0 spiro atoms. The first kappa shape index (κ1) is 46.9. The average Bonchev–Trinajstić information content (AvgIpc) is 3.76. The maximum Gasteiger partial charge on any atom is 0.413 e. The Hall–Kier alpha value is -4.75. The quantitative estimate of drug-likeness (QED) is 0.0472. The van der Waals surface area contributed by atoms with E-state index in [0.717, 1.165) is 22.2 Å². The zero-order valence-corrected chi connectivity index (χ0v) is 38.7. The van der Waals surface area contributed by atoms with Crippen LogP contribution in [0.2, 0.25) is 18.1 Å². The largest absolute Gasteiger partial charge is 0.489 e. The van der Waals surface area contributed by atoms with Crippen molar-refractivity contribution in [3.8, 4) is 5.75 Å². The minimum atomic E-state index is -2.25. The Morgan fingerprint density at radius 1 is 0.966 bits per heavy atom. The summed E-state index contributed by atoms with van der Waals surface area (Å²) in [6, 6.07) is 5.19. The van der Waals surface area contributed by atoms with E-state index in [1.807, 2.05) is 50.8 Å². The molecule has 0 saturated carbocycles. The minimum Gasteiger partial charge on any atom is -0.489 e. The predicted molar refractivity (Wildman–Crippen MR) is 224 cm³/mol. The lowest BCUT2D eigenvalue weighted by atomic mass is 10.2. The number of nitrogens with zero attached hydrogens (tertiary/aromatic N) is 5. The summed E-state index contributed by atoms with van der Waals surface area (Å²) < 4.78 is 33.6. The molecule has 1 aliphatic heterocycles. The number of carboxylic acid groups (broad SMARTS) is 1. The second-order valence-corrected chi connectivity index (χ2v) is 24.6. The van der Waals surface area contributed by atoms with Crippen LogP contribution in [0.3, 0.4) is 0 Å². The van der Waals surface area contributed by atoms with Gasteiger partial charge in [0.1, 0.15) is 40.9 Å². The molecule has 3 heterocycles. The van der Waals surface area contributed by atoms with Crippen LogP contribution in [0.5, 0.6) is 5.75 Å². The molecule has 17 nitrogen and oxygen atoms in total. The number of carbonyl (C=O) groups excluding carboxylic acids is 3. The first-order valence-corrected chi connectivity index (χ1v) is 23.2. The number of aryl methyl sites for hydroxylation is 1. The third-order valence-electron chi connectivity index (χ3n) is 9.35. The van der Waals surface area contributed by atoms with Gasteiger partial charge in [0, 0.05) is 11.4 Å². The highest BCUT2D eigenvalue weighted by atomic mass is 32.1. The average molecular weight is 862 g/mol. The number of amides is 2. The molecule has 1 saturated heterocycles. The van der Waals surface area contributed by atoms with Gasteiger partial charge in [-0.15, -0.1) is 16.0 Å². The summed E-state index contributed by atoms with van der Waals surface area (Å²) in [5.74, 6) is -1.93. The number of carboxylic acids is 1. The van der Waals surface area contributed by atoms with E-state index in [9.17, 15) is 24.3 Å². The fourth-order valence-electron chi connectivity index (χ4n) is 5.67. The van der Waals surface area contributed by atoms with Crippen molar-refractivity contribution < 1.29 is 57.2 Å². The number of nitrogens with one attached hydrogen (secondary N) is 1. The molecule has 2 amide bonds. The number of aliphatic carboxylic acids is 1. The fraction of sp³-hybridized carbons (Fsp3) is 0.625. The Labute approximate surface area is 351 Å². The number of aromatic nitrogens is 3. The maximum atomic E-state index is 13.3. The Morgan fingerprint density at radius 2 is 1.59 bits per heavy atom. The number of oxime groups is 1. The van der Waals surface area contributed by atoms with Crippen LogP contribution in [0.15, 0.2) is 34.9 Å². The molecule has 3 aromatic rings. The van der Waals surface area contributed by atoms with E-state index in [2.05, 4.69) is 54.0 Å². The van der Waals surface area contributed by atoms with Crippen molar-refractivity contribution >= 4 is 65.5 Å². The van der Waals surface area contributed by atoms with Gasteiger partial charge in [-0.2, -0.15) is 4.68 Å². The number of anilines is 1. The van der Waals surface area contributed by atoms with Gasteiger partial charge in [-0.1, -0.05) is 25.9 Å². The van der Waals surface area contributed by atoms with Crippen molar-refractivity contribution in [2.24, 2.45) is 12.2 Å². The van der Waals surface area contributed by atoms with Crippen molar-refractivity contribution in [3.05, 3.63) is 35.5 Å². The van der Waals surface area contributed by atoms with Gasteiger partial charge in [0.25, 0.3) is 6.10 Å². The molecule has 3 atom stereocenters. The van der Waals surface area contributed by atoms with E-state index >= 15 is 0 Å². The lowest BCUT2D eigenvalue weighted by Crippen LogP contribution is -2.49. The zero-order valence-electron chi connectivity index (χ0n) is 36.9. The number of carbonyl (C=O) groups is 4. The number of rotatable bonds is 12. The molecule has 1 unspecified atom stereocenters. The third kappa shape index (κ3) is 12.9. The summed E-state index contributed by atoms with van der Waals surface area (Å²) in [5, 5.41) is 18.4. The van der Waals surface area contributed by atoms with Crippen LogP contribution in [0, 0.1) is 0 Å². The molecule has 0 radical (unpaired) electrons. The molecule has 1 aromatic carbocycles. The molecule has 2 N–H and O–H groups in total. The molecule has 326 valence electrons. The van der Waals surface area contributed by atoms with Gasteiger partial charge in [-0.25, -0.2) is 24.2 Å². The molecule has 1 fully saturated rings. The van der Waals surface area contributed by atoms with Crippen LogP contribution < -0.4 is 14.7 Å². The fourth-order valence-corrected chi connectivity index (χ4v) is 7.70. The summed E-state index contributed by atoms with van der Waals surface area (Å²) >= 11 is 0.952. The highest BCUT2D eigenvalue weighted by Gasteiger charge is 2.47. The van der Waals surface area contributed by atoms with Gasteiger partial charge in [0.2, 0.25) is 11.2 Å². The number of fused-ring (bicyclic) bond motifs is 1. The van der Waals surface area contributed by atoms with E-state index < -0.39 is 61.1 Å². The van der Waals surface area contributed by atoms with Gasteiger partial charge in [0.05, 0.1) is 30.8 Å². The number of thiazole rings is 1. The van der Waals surface area contributed by atoms with Crippen molar-refractivity contribution in [2.45, 2.75) is 136 Å². The lowest BCUT2D eigenvalue weighted by Gasteiger charge is -2.39. The molecular weight excluding hydrogens is 801 g/mol. The van der Waals surface area contributed by atoms with Crippen molar-refractivity contribution in [1.29, 1.82) is 0 Å². The summed E-state index contributed by atoms with van der Waals surface area (Å²) in [6.07, 6.45) is -0.974. The second-order valence-electron chi connectivity index (χ2n) is 19.0. The van der Waals surface area contributed by atoms with E-state index in [-0.39, 0.29) is 34.6 Å². The molecule has 59 heavy (non-hydrogen) atoms. The highest BCUT2D eigenvalue weighted by molar-refractivity contribution is 7.14. The van der Waals surface area contributed by atoms with Crippen LogP contribution in [0.4, 0.5) is 14.7 Å². The maximum absolute atomic E-state index is 13.3. The number of ether oxygens (including phenoxy) is 4. The van der Waals surface area contributed by atoms with Crippen LogP contribution in [-0.4, -0.2) is 107 Å². The molecule has 2 aromatic heterocycles. The first-order chi connectivity index (χ1) is 26.9. The third-order valence-corrected chi connectivity index (χ3v) is 14.6. The van der Waals surface area contributed by atoms with Gasteiger partial charge in [-0.3, -0.25) is 5.32 Å². The molecule has 0 aliphatic carbocycles. The Morgan fingerprint density at radius 3 is 2.17 bits per heavy atom. The first-order valence-electron chi connectivity index (χ1n) is 19.4. The topological polar surface area (TPSA) is 193 Å². The van der Waals surface area contributed by atoms with E-state index in [0.29, 0.717) is 18.8 Å². The van der Waals surface area contributed by atoms with E-state index in [1.54, 1.807) is 52.5 Å². The Balaban J connectivity index is 1.59. The number of likely N-dealkylation sites (tertiary alicyclic amines) is 1. The molecule has 4 rings (SSSR count). The van der Waals surface area contributed by atoms with E-state index in [1.165, 1.54) is 5.38 Å². The second kappa shape index (κ2) is 17.5. The molecular formula is C40H61N6O11SSi+. The predicted octanol–water partition coefficient (Wildman–Crippen LogP) is 7.05.